The Morgan fingerprint density at radius 1 is 0.232 bits per heavy atom. The molecule has 9 heteroatoms. The summed E-state index contributed by atoms with van der Waals surface area (Å²) in [6.45, 7) is 15.4. The fraction of sp³-hybridized carbons (Fsp3) is 0.300. The number of hydrogen-bond donors (Lipinski definition) is 7. The van der Waals surface area contributed by atoms with Crippen LogP contribution in [-0.4, -0.2) is 59.6 Å². The van der Waals surface area contributed by atoms with E-state index in [0.717, 1.165) is 61.2 Å². The van der Waals surface area contributed by atoms with Gasteiger partial charge in [-0.2, -0.15) is 0 Å². The summed E-state index contributed by atoms with van der Waals surface area (Å²) in [6.07, 6.45) is 1.40. The van der Waals surface area contributed by atoms with E-state index in [9.17, 15) is 35.7 Å². The van der Waals surface area contributed by atoms with Gasteiger partial charge < -0.3 is 35.7 Å². The molecule has 1 heterocycles. The Labute approximate surface area is 406 Å². The average molecular weight is 927 g/mol. The van der Waals surface area contributed by atoms with Crippen molar-refractivity contribution in [3.8, 4) is 40.2 Å². The van der Waals surface area contributed by atoms with Crippen LogP contribution in [0.5, 0.6) is 40.2 Å². The molecule has 7 aromatic rings. The second-order valence-electron chi connectivity index (χ2n) is 20.3. The molecule has 14 bridgehead atoms. The maximum absolute atomic E-state index is 11.9. The Kier molecular flexibility index (Phi) is 13.8. The molecule has 7 aromatic carbocycles. The van der Waals surface area contributed by atoms with Gasteiger partial charge in [0.05, 0.1) is 0 Å². The normalized spacial score (nSPS) is 14.2. The molecule has 1 aliphatic rings. The molecule has 0 saturated heterocycles. The molecule has 358 valence electrons. The zero-order chi connectivity index (χ0) is 49.6. The van der Waals surface area contributed by atoms with Gasteiger partial charge in [0.25, 0.3) is 0 Å². The summed E-state index contributed by atoms with van der Waals surface area (Å²) in [5, 5.41) is 82.9. The van der Waals surface area contributed by atoms with Crippen LogP contribution < -0.4 is 0 Å². The molecule has 1 aliphatic heterocycles. The molecular weight excluding hydrogens is 861 g/mol. The largest absolute Gasteiger partial charge is 0.507 e. The lowest BCUT2D eigenvalue weighted by molar-refractivity contribution is 0.306. The molecule has 0 atom stereocenters. The number of phenols is 7. The molecule has 7 N–H and O–H groups in total. The van der Waals surface area contributed by atoms with E-state index < -0.39 is 0 Å². The number of nitrogens with zero attached hydrogens (tertiary/aromatic N) is 2. The summed E-state index contributed by atoms with van der Waals surface area (Å²) in [5.74, 6) is 0.919. The third-order valence-corrected chi connectivity index (χ3v) is 13.6. The minimum atomic E-state index is 0.106. The topological polar surface area (TPSA) is 148 Å². The number of benzene rings is 7. The van der Waals surface area contributed by atoms with Gasteiger partial charge in [0.1, 0.15) is 40.2 Å². The Balaban J connectivity index is 1.22. The van der Waals surface area contributed by atoms with Gasteiger partial charge in [-0.1, -0.05) is 124 Å². The summed E-state index contributed by atoms with van der Waals surface area (Å²) < 4.78 is 0. The van der Waals surface area contributed by atoms with Gasteiger partial charge in [-0.25, -0.2) is 0 Å². The third kappa shape index (κ3) is 10.7. The van der Waals surface area contributed by atoms with Crippen molar-refractivity contribution in [2.75, 3.05) is 14.1 Å². The number of fused-ring (bicyclic) bond motifs is 14. The van der Waals surface area contributed by atoms with E-state index >= 15 is 0 Å². The quantitative estimate of drug-likeness (QED) is 0.0789. The molecule has 0 amide bonds. The van der Waals surface area contributed by atoms with Crippen molar-refractivity contribution in [1.29, 1.82) is 0 Å². The molecule has 0 aliphatic carbocycles. The second-order valence-corrected chi connectivity index (χ2v) is 20.3. The molecule has 0 aromatic heterocycles. The van der Waals surface area contributed by atoms with E-state index in [1.165, 1.54) is 0 Å². The summed E-state index contributed by atoms with van der Waals surface area (Å²) >= 11 is 0. The SMILES string of the molecule is Cc1cc2c(O)c(c1)Cc1cc(C)cc(c1O)CN(C)Cc1cc(C)cc(c1O)Cc1cc(C)cc(c1O)Cc1cc(C)cc(c1O)CN(C)Cc1cc(C)cc(c1O)Cc1cc(C)cc(c1O)C2. The first-order valence-corrected chi connectivity index (χ1v) is 23.8. The Hall–Kier alpha value is -6.94. The first-order chi connectivity index (χ1) is 32.7. The van der Waals surface area contributed by atoms with Crippen molar-refractivity contribution in [2.24, 2.45) is 0 Å². The monoisotopic (exact) mass is 926 g/mol. The molecular formula is C60H66N2O7. The van der Waals surface area contributed by atoms with Crippen molar-refractivity contribution in [3.63, 3.8) is 0 Å². The van der Waals surface area contributed by atoms with Crippen LogP contribution in [-0.2, 0) is 58.3 Å². The maximum atomic E-state index is 11.9. The molecule has 8 rings (SSSR count). The van der Waals surface area contributed by atoms with E-state index in [-0.39, 0.29) is 72.4 Å². The summed E-state index contributed by atoms with van der Waals surface area (Å²) in [4.78, 5) is 4.10. The highest BCUT2D eigenvalue weighted by atomic mass is 16.3. The summed E-state index contributed by atoms with van der Waals surface area (Å²) in [7, 11) is 3.90. The predicted octanol–water partition coefficient (Wildman–Crippen LogP) is 11.3. The highest BCUT2D eigenvalue weighted by Crippen LogP contribution is 2.40. The zero-order valence-electron chi connectivity index (χ0n) is 41.5. The first-order valence-electron chi connectivity index (χ1n) is 23.8. The zero-order valence-corrected chi connectivity index (χ0v) is 41.5. The van der Waals surface area contributed by atoms with Gasteiger partial charge in [0.2, 0.25) is 0 Å². The smallest absolute Gasteiger partial charge is 0.123 e. The Morgan fingerprint density at radius 3 is 0.493 bits per heavy atom. The van der Waals surface area contributed by atoms with Crippen LogP contribution in [0.1, 0.15) is 117 Å². The average Bonchev–Trinajstić information content (AvgIpc) is 3.26. The van der Waals surface area contributed by atoms with Gasteiger partial charge in [0, 0.05) is 80.5 Å². The molecule has 9 nitrogen and oxygen atoms in total. The van der Waals surface area contributed by atoms with Gasteiger partial charge in [-0.05, 0) is 118 Å². The molecule has 0 radical (unpaired) electrons. The number of aryl methyl sites for hydroxylation is 7. The van der Waals surface area contributed by atoms with E-state index in [1.54, 1.807) is 0 Å². The van der Waals surface area contributed by atoms with Crippen LogP contribution in [0.4, 0.5) is 0 Å². The highest BCUT2D eigenvalue weighted by molar-refractivity contribution is 5.57. The number of hydrogen-bond acceptors (Lipinski definition) is 9. The van der Waals surface area contributed by atoms with E-state index in [2.05, 4.69) is 0 Å². The lowest BCUT2D eigenvalue weighted by Gasteiger charge is -2.22. The minimum absolute atomic E-state index is 0.106. The van der Waals surface area contributed by atoms with Crippen molar-refractivity contribution in [2.45, 2.75) is 107 Å². The van der Waals surface area contributed by atoms with Gasteiger partial charge in [-0.3, -0.25) is 9.80 Å². The lowest BCUT2D eigenvalue weighted by atomic mass is 9.91. The van der Waals surface area contributed by atoms with Crippen LogP contribution in [0.15, 0.2) is 84.9 Å². The maximum Gasteiger partial charge on any atom is 0.123 e. The van der Waals surface area contributed by atoms with Crippen LogP contribution in [0.3, 0.4) is 0 Å². The lowest BCUT2D eigenvalue weighted by Crippen LogP contribution is -2.18. The van der Waals surface area contributed by atoms with Crippen LogP contribution in [0.25, 0.3) is 0 Å². The van der Waals surface area contributed by atoms with Crippen LogP contribution >= 0.6 is 0 Å². The number of aromatic hydroxyl groups is 7. The Morgan fingerprint density at radius 2 is 0.348 bits per heavy atom. The van der Waals surface area contributed by atoms with Crippen molar-refractivity contribution >= 4 is 0 Å². The number of rotatable bonds is 0. The second kappa shape index (κ2) is 19.6. The van der Waals surface area contributed by atoms with Crippen molar-refractivity contribution in [1.82, 2.24) is 9.80 Å². The van der Waals surface area contributed by atoms with Crippen LogP contribution in [0, 0.1) is 48.5 Å². The molecule has 0 saturated carbocycles. The molecule has 0 fully saturated rings. The van der Waals surface area contributed by atoms with Gasteiger partial charge in [0.15, 0.2) is 0 Å². The fourth-order valence-electron chi connectivity index (χ4n) is 10.7. The standard InChI is InChI=1S/C60H66N2O7/c1-33-10-40-24-41-11-34(2)13-43(55(41)64)26-47-17-37(5)21-51(58(47)67)30-62(9)32-53-23-39(7)19-49(60(53)69)28-45-15-35(3)14-44(56(45)65)27-48-18-38(6)22-52(59(48)68)31-61(8)29-50-20-36(4)16-46(57(50)66)25-42(12-33)54(40)63/h10-23,63-69H,24-32H2,1-9H3. The van der Waals surface area contributed by atoms with Crippen LogP contribution in [0.2, 0.25) is 0 Å². The minimum Gasteiger partial charge on any atom is -0.507 e. The summed E-state index contributed by atoms with van der Waals surface area (Å²) in [6, 6.07) is 27.3. The van der Waals surface area contributed by atoms with Gasteiger partial charge >= 0.3 is 0 Å². The van der Waals surface area contributed by atoms with E-state index in [1.807, 2.05) is 157 Å². The highest BCUT2D eigenvalue weighted by Gasteiger charge is 2.22. The number of phenolic OH excluding ortho intramolecular Hbond substituents is 7. The van der Waals surface area contributed by atoms with Gasteiger partial charge in [-0.15, -0.1) is 0 Å². The predicted molar refractivity (Wildman–Crippen MR) is 274 cm³/mol. The van der Waals surface area contributed by atoms with E-state index in [0.29, 0.717) is 81.8 Å². The van der Waals surface area contributed by atoms with Crippen molar-refractivity contribution < 1.29 is 35.7 Å². The first kappa shape index (κ1) is 48.5. The fourth-order valence-corrected chi connectivity index (χ4v) is 10.7. The van der Waals surface area contributed by atoms with E-state index in [4.69, 9.17) is 0 Å². The third-order valence-electron chi connectivity index (χ3n) is 13.6. The Bertz CT molecular complexity index is 2930. The summed E-state index contributed by atoms with van der Waals surface area (Å²) in [5.41, 5.74) is 16.2. The molecule has 0 unspecified atom stereocenters. The molecule has 0 spiro atoms. The van der Waals surface area contributed by atoms with Crippen molar-refractivity contribution in [3.05, 3.63) is 202 Å². The molecule has 69 heavy (non-hydrogen) atoms.